The third kappa shape index (κ3) is 6.35. The summed E-state index contributed by atoms with van der Waals surface area (Å²) in [7, 11) is -2.19. The molecule has 1 aromatic carbocycles. The number of amides is 2. The summed E-state index contributed by atoms with van der Waals surface area (Å²) in [5, 5.41) is 2.64. The highest BCUT2D eigenvalue weighted by atomic mass is 32.2. The van der Waals surface area contributed by atoms with Gasteiger partial charge in [0.25, 0.3) is 0 Å². The van der Waals surface area contributed by atoms with Crippen LogP contribution in [0, 0.1) is 6.92 Å². The van der Waals surface area contributed by atoms with Gasteiger partial charge in [0, 0.05) is 26.2 Å². The zero-order chi connectivity index (χ0) is 22.4. The molecule has 2 N–H and O–H groups in total. The number of pyridine rings is 1. The fraction of sp³-hybridized carbons (Fsp3) is 0.409. The monoisotopic (exact) mass is 444 g/mol. The van der Waals surface area contributed by atoms with Gasteiger partial charge in [-0.1, -0.05) is 6.07 Å². The Bertz CT molecular complexity index is 1070. The average Bonchev–Trinajstić information content (AvgIpc) is 2.73. The van der Waals surface area contributed by atoms with Crippen LogP contribution in [0.1, 0.15) is 36.0 Å². The highest BCUT2D eigenvalue weighted by Gasteiger charge is 2.19. The van der Waals surface area contributed by atoms with Crippen molar-refractivity contribution in [2.24, 2.45) is 0 Å². The molecule has 0 spiro atoms. The first-order chi connectivity index (χ1) is 14.7. The summed E-state index contributed by atoms with van der Waals surface area (Å²) in [6.07, 6.45) is 5.62. The lowest BCUT2D eigenvalue weighted by Crippen LogP contribution is -2.37. The van der Waals surface area contributed by atoms with E-state index >= 15 is 0 Å². The lowest BCUT2D eigenvalue weighted by molar-refractivity contribution is -0.133. The van der Waals surface area contributed by atoms with E-state index in [1.54, 1.807) is 24.4 Å². The fourth-order valence-corrected chi connectivity index (χ4v) is 4.62. The first-order valence-electron chi connectivity index (χ1n) is 10.3. The molecule has 0 bridgehead atoms. The molecule has 1 aliphatic rings. The van der Waals surface area contributed by atoms with Gasteiger partial charge < -0.3 is 10.2 Å². The van der Waals surface area contributed by atoms with Gasteiger partial charge in [0.2, 0.25) is 21.8 Å². The van der Waals surface area contributed by atoms with Crippen LogP contribution in [0.2, 0.25) is 0 Å². The van der Waals surface area contributed by atoms with Crippen molar-refractivity contribution in [3.63, 3.8) is 0 Å². The van der Waals surface area contributed by atoms with Crippen molar-refractivity contribution >= 4 is 27.7 Å². The smallest absolute Gasteiger partial charge is 0.245 e. The van der Waals surface area contributed by atoms with E-state index in [0.29, 0.717) is 5.82 Å². The minimum absolute atomic E-state index is 0.0380. The zero-order valence-electron chi connectivity index (χ0n) is 17.8. The van der Waals surface area contributed by atoms with Crippen LogP contribution in [0.5, 0.6) is 0 Å². The van der Waals surface area contributed by atoms with Crippen molar-refractivity contribution in [1.82, 2.24) is 14.6 Å². The van der Waals surface area contributed by atoms with Gasteiger partial charge >= 0.3 is 0 Å². The third-order valence-corrected chi connectivity index (χ3v) is 6.71. The second kappa shape index (κ2) is 10.0. The van der Waals surface area contributed by atoms with Crippen molar-refractivity contribution < 1.29 is 18.0 Å². The summed E-state index contributed by atoms with van der Waals surface area (Å²) in [6.45, 7) is 1.70. The largest absolute Gasteiger partial charge is 0.336 e. The molecule has 166 valence electrons. The molecule has 8 nitrogen and oxygen atoms in total. The summed E-state index contributed by atoms with van der Waals surface area (Å²) in [5.74, 6) is -0.284. The second-order valence-electron chi connectivity index (χ2n) is 7.80. The number of nitrogens with zero attached hydrogens (tertiary/aromatic N) is 2. The Morgan fingerprint density at radius 2 is 1.84 bits per heavy atom. The molecule has 0 unspecified atom stereocenters. The van der Waals surface area contributed by atoms with Gasteiger partial charge in [-0.2, -0.15) is 0 Å². The third-order valence-electron chi connectivity index (χ3n) is 5.25. The van der Waals surface area contributed by atoms with Gasteiger partial charge in [0.1, 0.15) is 5.82 Å². The molecule has 2 amide bonds. The predicted molar refractivity (Wildman–Crippen MR) is 118 cm³/mol. The van der Waals surface area contributed by atoms with Gasteiger partial charge in [0.05, 0.1) is 11.4 Å². The molecule has 0 saturated heterocycles. The van der Waals surface area contributed by atoms with Crippen LogP contribution in [0.4, 0.5) is 5.82 Å². The summed E-state index contributed by atoms with van der Waals surface area (Å²) in [4.78, 5) is 29.9. The Morgan fingerprint density at radius 3 is 2.58 bits per heavy atom. The van der Waals surface area contributed by atoms with Crippen LogP contribution >= 0.6 is 0 Å². The SMILES string of the molecule is Cc1ccnc(NC(=O)CN(C)C(=O)CCNS(=O)(=O)c2ccc3c(c2)CCCC3)c1. The molecular weight excluding hydrogens is 416 g/mol. The maximum atomic E-state index is 12.6. The number of sulfonamides is 1. The number of benzene rings is 1. The number of hydrogen-bond donors (Lipinski definition) is 2. The number of aryl methyl sites for hydroxylation is 3. The Balaban J connectivity index is 1.48. The molecule has 0 fully saturated rings. The summed E-state index contributed by atoms with van der Waals surface area (Å²) < 4.78 is 27.6. The van der Waals surface area contributed by atoms with Gasteiger partial charge in [-0.15, -0.1) is 0 Å². The number of hydrogen-bond acceptors (Lipinski definition) is 5. The number of likely N-dealkylation sites (N-methyl/N-ethyl adjacent to an activating group) is 1. The maximum absolute atomic E-state index is 12.6. The van der Waals surface area contributed by atoms with E-state index in [1.165, 1.54) is 17.5 Å². The van der Waals surface area contributed by atoms with Gasteiger partial charge in [-0.05, 0) is 73.6 Å². The number of anilines is 1. The molecule has 0 aliphatic heterocycles. The lowest BCUT2D eigenvalue weighted by atomic mass is 9.92. The van der Waals surface area contributed by atoms with E-state index in [0.717, 1.165) is 36.8 Å². The van der Waals surface area contributed by atoms with Crippen LogP contribution in [-0.4, -0.2) is 50.3 Å². The van der Waals surface area contributed by atoms with E-state index in [4.69, 9.17) is 0 Å². The van der Waals surface area contributed by atoms with Gasteiger partial charge in [0.15, 0.2) is 0 Å². The fourth-order valence-electron chi connectivity index (χ4n) is 3.53. The molecule has 1 aromatic heterocycles. The highest BCUT2D eigenvalue weighted by Crippen LogP contribution is 2.24. The van der Waals surface area contributed by atoms with E-state index in [9.17, 15) is 18.0 Å². The number of rotatable bonds is 8. The van der Waals surface area contributed by atoms with Crippen molar-refractivity contribution in [3.8, 4) is 0 Å². The van der Waals surface area contributed by atoms with E-state index in [2.05, 4.69) is 15.0 Å². The molecule has 31 heavy (non-hydrogen) atoms. The minimum Gasteiger partial charge on any atom is -0.336 e. The molecule has 9 heteroatoms. The number of fused-ring (bicyclic) bond motifs is 1. The lowest BCUT2D eigenvalue weighted by Gasteiger charge is -2.18. The van der Waals surface area contributed by atoms with Crippen LogP contribution in [-0.2, 0) is 32.5 Å². The molecule has 1 heterocycles. The summed E-state index contributed by atoms with van der Waals surface area (Å²) in [5.41, 5.74) is 3.25. The van der Waals surface area contributed by atoms with E-state index in [1.807, 2.05) is 19.1 Å². The summed E-state index contributed by atoms with van der Waals surface area (Å²) >= 11 is 0. The Morgan fingerprint density at radius 1 is 1.10 bits per heavy atom. The number of aromatic nitrogens is 1. The molecular formula is C22H28N4O4S. The van der Waals surface area contributed by atoms with Crippen molar-refractivity contribution in [1.29, 1.82) is 0 Å². The average molecular weight is 445 g/mol. The number of carbonyl (C=O) groups excluding carboxylic acids is 2. The highest BCUT2D eigenvalue weighted by molar-refractivity contribution is 7.89. The molecule has 0 radical (unpaired) electrons. The topological polar surface area (TPSA) is 108 Å². The van der Waals surface area contributed by atoms with Crippen LogP contribution in [0.25, 0.3) is 0 Å². The van der Waals surface area contributed by atoms with Crippen molar-refractivity contribution in [2.75, 3.05) is 25.5 Å². The zero-order valence-corrected chi connectivity index (χ0v) is 18.7. The molecule has 1 aliphatic carbocycles. The minimum atomic E-state index is -3.69. The van der Waals surface area contributed by atoms with Crippen LogP contribution in [0.3, 0.4) is 0 Å². The number of carbonyl (C=O) groups is 2. The van der Waals surface area contributed by atoms with Gasteiger partial charge in [-0.25, -0.2) is 18.1 Å². The van der Waals surface area contributed by atoms with Crippen LogP contribution < -0.4 is 10.0 Å². The van der Waals surface area contributed by atoms with Crippen molar-refractivity contribution in [3.05, 3.63) is 53.2 Å². The Kier molecular flexibility index (Phi) is 7.40. The quantitative estimate of drug-likeness (QED) is 0.648. The second-order valence-corrected chi connectivity index (χ2v) is 9.57. The maximum Gasteiger partial charge on any atom is 0.245 e. The molecule has 2 aromatic rings. The first-order valence-corrected chi connectivity index (χ1v) is 11.8. The molecule has 0 atom stereocenters. The Hall–Kier alpha value is -2.78. The standard InChI is InChI=1S/C22H28N4O4S/c1-16-9-11-23-20(13-16)25-21(27)15-26(2)22(28)10-12-24-31(29,30)19-8-7-17-5-3-4-6-18(17)14-19/h7-9,11,13-14,24H,3-6,10,12,15H2,1-2H3,(H,23,25,27). The van der Waals surface area contributed by atoms with Gasteiger partial charge in [-0.3, -0.25) is 9.59 Å². The van der Waals surface area contributed by atoms with Crippen molar-refractivity contribution in [2.45, 2.75) is 43.9 Å². The molecule has 3 rings (SSSR count). The Labute approximate surface area is 183 Å². The summed E-state index contributed by atoms with van der Waals surface area (Å²) in [6, 6.07) is 8.77. The van der Waals surface area contributed by atoms with E-state index in [-0.39, 0.29) is 36.2 Å². The first kappa shape index (κ1) is 22.9. The predicted octanol–water partition coefficient (Wildman–Crippen LogP) is 2.03. The molecule has 0 saturated carbocycles. The number of nitrogens with one attached hydrogen (secondary N) is 2. The van der Waals surface area contributed by atoms with E-state index < -0.39 is 10.0 Å². The van der Waals surface area contributed by atoms with Crippen LogP contribution in [0.15, 0.2) is 41.4 Å². The normalized spacial score (nSPS) is 13.4.